The Morgan fingerprint density at radius 2 is 2.07 bits per heavy atom. The maximum Gasteiger partial charge on any atom is 1.00 e. The number of aromatic nitrogens is 2. The number of aliphatic hydroxyl groups is 1. The van der Waals surface area contributed by atoms with Gasteiger partial charge >= 0.3 is 64.8 Å². The average molecular weight is 463 g/mol. The first-order valence-electron chi connectivity index (χ1n) is 7.82. The standard InChI is InChI=1S/C14H18N3O8PS.2Na/c18-10-3-4-17(14(20)16-10)13-12(19)11(15-6-8-2-1-5-27-8)9(25-13)7-24-26(21,22)23;;/h1-5,9,11-13,15,19H,6-7H2,(H,16,18,20)(H2,21,22,23);;/q;2*+1/p-2/t9-,11-,12-,13-;;/m1../s1. The molecule has 3 N–H and O–H groups in total. The topological polar surface area (TPSA) is 169 Å². The zero-order chi connectivity index (χ0) is 19.6. The van der Waals surface area contributed by atoms with E-state index in [2.05, 4.69) is 9.84 Å². The molecule has 3 heterocycles. The summed E-state index contributed by atoms with van der Waals surface area (Å²) in [5.74, 6) is 0. The van der Waals surface area contributed by atoms with Crippen molar-refractivity contribution in [2.75, 3.05) is 6.61 Å². The molecular weight excluding hydrogens is 447 g/mol. The monoisotopic (exact) mass is 463 g/mol. The Hall–Kier alpha value is 0.370. The van der Waals surface area contributed by atoms with Crippen LogP contribution in [0.4, 0.5) is 0 Å². The van der Waals surface area contributed by atoms with E-state index < -0.39 is 50.2 Å². The van der Waals surface area contributed by atoms with Crippen molar-refractivity contribution < 1.29 is 87.8 Å². The number of phosphoric ester groups is 1. The number of hydrogen-bond donors (Lipinski definition) is 3. The zero-order valence-corrected chi connectivity index (χ0v) is 21.4. The normalized spacial score (nSPS) is 24.0. The molecule has 1 fully saturated rings. The largest absolute Gasteiger partial charge is 1.00 e. The Balaban J connectivity index is 0.00000210. The Morgan fingerprint density at radius 3 is 2.66 bits per heavy atom. The van der Waals surface area contributed by atoms with E-state index in [1.54, 1.807) is 0 Å². The van der Waals surface area contributed by atoms with Crippen LogP contribution in [-0.2, 0) is 20.4 Å². The van der Waals surface area contributed by atoms with Crippen molar-refractivity contribution in [3.63, 3.8) is 0 Å². The molecule has 15 heteroatoms. The van der Waals surface area contributed by atoms with Gasteiger partial charge in [-0.05, 0) is 11.4 Å². The average Bonchev–Trinajstić information content (AvgIpc) is 3.19. The Labute approximate surface area is 213 Å². The summed E-state index contributed by atoms with van der Waals surface area (Å²) >= 11 is 1.47. The van der Waals surface area contributed by atoms with Gasteiger partial charge in [0.15, 0.2) is 6.23 Å². The van der Waals surface area contributed by atoms with E-state index in [9.17, 15) is 29.0 Å². The van der Waals surface area contributed by atoms with Crippen LogP contribution < -0.4 is 85.5 Å². The third-order valence-electron chi connectivity index (χ3n) is 3.99. The zero-order valence-electron chi connectivity index (χ0n) is 15.7. The van der Waals surface area contributed by atoms with Gasteiger partial charge in [-0.1, -0.05) is 6.07 Å². The maximum absolute atomic E-state index is 12.0. The number of thiophene rings is 1. The van der Waals surface area contributed by atoms with Crippen molar-refractivity contribution in [1.82, 2.24) is 14.9 Å². The van der Waals surface area contributed by atoms with Crippen LogP contribution in [-0.4, -0.2) is 39.5 Å². The van der Waals surface area contributed by atoms with Crippen molar-refractivity contribution >= 4 is 19.2 Å². The molecule has 148 valence electrons. The number of aliphatic hydroxyl groups excluding tert-OH is 1. The molecule has 1 saturated heterocycles. The van der Waals surface area contributed by atoms with Crippen LogP contribution in [0.2, 0.25) is 0 Å². The molecule has 0 amide bonds. The van der Waals surface area contributed by atoms with Crippen LogP contribution in [0.1, 0.15) is 11.1 Å². The number of nitrogens with zero attached hydrogens (tertiary/aromatic N) is 1. The van der Waals surface area contributed by atoms with E-state index in [-0.39, 0.29) is 59.1 Å². The minimum Gasteiger partial charge on any atom is -0.790 e. The molecule has 0 saturated carbocycles. The van der Waals surface area contributed by atoms with Gasteiger partial charge in [0.1, 0.15) is 12.2 Å². The van der Waals surface area contributed by atoms with Gasteiger partial charge in [0.05, 0.1) is 20.5 Å². The fraction of sp³-hybridized carbons (Fsp3) is 0.429. The second-order valence-corrected chi connectivity index (χ2v) is 7.99. The van der Waals surface area contributed by atoms with Crippen LogP contribution in [0.25, 0.3) is 0 Å². The van der Waals surface area contributed by atoms with E-state index in [4.69, 9.17) is 4.74 Å². The van der Waals surface area contributed by atoms with Gasteiger partial charge in [-0.2, -0.15) is 0 Å². The minimum atomic E-state index is -5.24. The summed E-state index contributed by atoms with van der Waals surface area (Å²) in [5.41, 5.74) is -1.42. The SMILES string of the molecule is O=c1ccn([C@@H]2O[C@H](COP(=O)([O-])[O-])[C@@H](NCc3cccs3)[C@H]2O)c(=O)[nH]1.[Na+].[Na+]. The molecule has 0 unspecified atom stereocenters. The molecule has 0 aromatic carbocycles. The van der Waals surface area contributed by atoms with Crippen molar-refractivity contribution in [3.05, 3.63) is 55.5 Å². The smallest absolute Gasteiger partial charge is 0.790 e. The second kappa shape index (κ2) is 11.8. The third-order valence-corrected chi connectivity index (χ3v) is 5.33. The quantitative estimate of drug-likeness (QED) is 0.267. The molecule has 0 aliphatic carbocycles. The molecule has 2 aromatic rings. The van der Waals surface area contributed by atoms with Crippen LogP contribution >= 0.6 is 19.2 Å². The molecule has 1 aliphatic heterocycles. The minimum absolute atomic E-state index is 0. The summed E-state index contributed by atoms with van der Waals surface area (Å²) in [6.07, 6.45) is -2.36. The summed E-state index contributed by atoms with van der Waals surface area (Å²) in [5, 5.41) is 15.5. The third kappa shape index (κ3) is 7.48. The van der Waals surface area contributed by atoms with E-state index in [0.29, 0.717) is 6.54 Å². The van der Waals surface area contributed by atoms with Crippen molar-refractivity contribution in [3.8, 4) is 0 Å². The summed E-state index contributed by atoms with van der Waals surface area (Å²) in [6.45, 7) is -0.281. The fourth-order valence-corrected chi connectivity index (χ4v) is 3.78. The first kappa shape index (κ1) is 27.4. The number of rotatable bonds is 7. The first-order valence-corrected chi connectivity index (χ1v) is 10.2. The van der Waals surface area contributed by atoms with Crippen molar-refractivity contribution in [1.29, 1.82) is 0 Å². The Morgan fingerprint density at radius 1 is 1.34 bits per heavy atom. The molecular formula is C14H16N3Na2O8PS. The van der Waals surface area contributed by atoms with E-state index >= 15 is 0 Å². The molecule has 2 aromatic heterocycles. The Kier molecular flexibility index (Phi) is 11.2. The first-order chi connectivity index (χ1) is 12.7. The van der Waals surface area contributed by atoms with Gasteiger partial charge in [-0.15, -0.1) is 11.3 Å². The molecule has 29 heavy (non-hydrogen) atoms. The van der Waals surface area contributed by atoms with Gasteiger partial charge in [0, 0.05) is 23.7 Å². The number of hydrogen-bond acceptors (Lipinski definition) is 10. The number of aromatic amines is 1. The molecule has 0 bridgehead atoms. The maximum atomic E-state index is 12.0. The Bertz CT molecular complexity index is 933. The van der Waals surface area contributed by atoms with Crippen molar-refractivity contribution in [2.24, 2.45) is 0 Å². The number of phosphoric acid groups is 1. The number of H-pyrrole nitrogens is 1. The van der Waals surface area contributed by atoms with Crippen molar-refractivity contribution in [2.45, 2.75) is 31.0 Å². The summed E-state index contributed by atoms with van der Waals surface area (Å²) in [6, 6.07) is 3.96. The van der Waals surface area contributed by atoms with Gasteiger partial charge in [-0.25, -0.2) is 4.79 Å². The summed E-state index contributed by atoms with van der Waals surface area (Å²) in [4.78, 5) is 47.7. The van der Waals surface area contributed by atoms with Gasteiger partial charge in [0.2, 0.25) is 0 Å². The van der Waals surface area contributed by atoms with Gasteiger partial charge in [-0.3, -0.25) is 14.3 Å². The van der Waals surface area contributed by atoms with E-state index in [0.717, 1.165) is 21.7 Å². The van der Waals surface area contributed by atoms with Gasteiger partial charge < -0.3 is 34.0 Å². The van der Waals surface area contributed by atoms with Crippen LogP contribution in [0.5, 0.6) is 0 Å². The van der Waals surface area contributed by atoms with Crippen LogP contribution in [0, 0.1) is 0 Å². The second-order valence-electron chi connectivity index (χ2n) is 5.80. The molecule has 1 aliphatic rings. The van der Waals surface area contributed by atoms with E-state index in [1.807, 2.05) is 22.5 Å². The number of nitrogens with one attached hydrogen (secondary N) is 2. The molecule has 11 nitrogen and oxygen atoms in total. The fourth-order valence-electron chi connectivity index (χ4n) is 2.79. The predicted octanol–water partition coefficient (Wildman–Crippen LogP) is -8.13. The molecule has 4 atom stereocenters. The molecule has 0 radical (unpaired) electrons. The van der Waals surface area contributed by atoms with E-state index in [1.165, 1.54) is 11.3 Å². The summed E-state index contributed by atoms with van der Waals surface area (Å²) in [7, 11) is -5.24. The summed E-state index contributed by atoms with van der Waals surface area (Å²) < 4.78 is 21.6. The number of ether oxygens (including phenoxy) is 1. The molecule has 0 spiro atoms. The van der Waals surface area contributed by atoms with Crippen LogP contribution in [0.15, 0.2) is 39.4 Å². The van der Waals surface area contributed by atoms with Crippen LogP contribution in [0.3, 0.4) is 0 Å². The molecule has 3 rings (SSSR count). The van der Waals surface area contributed by atoms with Gasteiger partial charge in [0.25, 0.3) is 5.56 Å². The predicted molar refractivity (Wildman–Crippen MR) is 89.7 cm³/mol.